The van der Waals surface area contributed by atoms with E-state index >= 15 is 0 Å². The number of hydrogen-bond donors (Lipinski definition) is 1. The molecule has 0 saturated carbocycles. The topological polar surface area (TPSA) is 55.8 Å². The van der Waals surface area contributed by atoms with Gasteiger partial charge in [0, 0.05) is 13.2 Å². The molecule has 100 valence electrons. The van der Waals surface area contributed by atoms with Crippen LogP contribution in [0, 0.1) is 0 Å². The summed E-state index contributed by atoms with van der Waals surface area (Å²) in [5, 5.41) is 8.61. The van der Waals surface area contributed by atoms with Crippen LogP contribution in [0.1, 0.15) is 35.2 Å². The first-order valence-corrected chi connectivity index (χ1v) is 6.13. The van der Waals surface area contributed by atoms with E-state index in [9.17, 15) is 4.79 Å². The van der Waals surface area contributed by atoms with Crippen LogP contribution in [0.4, 0.5) is 0 Å². The van der Waals surface area contributed by atoms with Gasteiger partial charge in [-0.2, -0.15) is 0 Å². The van der Waals surface area contributed by atoms with Gasteiger partial charge in [-0.15, -0.1) is 0 Å². The van der Waals surface area contributed by atoms with Crippen LogP contribution in [0.3, 0.4) is 0 Å². The van der Waals surface area contributed by atoms with Crippen molar-refractivity contribution in [3.05, 3.63) is 35.4 Å². The second kappa shape index (κ2) is 8.66. The average molecular weight is 252 g/mol. The number of carbonyl (C=O) groups is 1. The second-order valence-corrected chi connectivity index (χ2v) is 4.03. The first-order valence-electron chi connectivity index (χ1n) is 6.13. The summed E-state index contributed by atoms with van der Waals surface area (Å²) in [7, 11) is 1.37. The minimum atomic E-state index is -0.327. The van der Waals surface area contributed by atoms with E-state index in [0.717, 1.165) is 24.8 Å². The van der Waals surface area contributed by atoms with Gasteiger partial charge in [0.2, 0.25) is 0 Å². The molecule has 0 aliphatic carbocycles. The molecule has 0 atom stereocenters. The largest absolute Gasteiger partial charge is 0.465 e. The van der Waals surface area contributed by atoms with E-state index in [1.165, 1.54) is 7.11 Å². The maximum atomic E-state index is 11.2. The van der Waals surface area contributed by atoms with Crippen LogP contribution in [-0.4, -0.2) is 31.4 Å². The Morgan fingerprint density at radius 2 is 1.89 bits per heavy atom. The second-order valence-electron chi connectivity index (χ2n) is 4.03. The number of aliphatic hydroxyl groups excluding tert-OH is 1. The molecule has 1 rings (SSSR count). The van der Waals surface area contributed by atoms with Gasteiger partial charge in [-0.25, -0.2) is 4.79 Å². The number of carbonyl (C=O) groups excluding carboxylic acids is 1. The third-order valence-corrected chi connectivity index (χ3v) is 2.59. The Morgan fingerprint density at radius 1 is 1.17 bits per heavy atom. The fourth-order valence-electron chi connectivity index (χ4n) is 1.54. The monoisotopic (exact) mass is 252 g/mol. The maximum Gasteiger partial charge on any atom is 0.337 e. The molecular formula is C14H20O4. The van der Waals surface area contributed by atoms with Gasteiger partial charge in [0.25, 0.3) is 0 Å². The lowest BCUT2D eigenvalue weighted by Gasteiger charge is -2.05. The van der Waals surface area contributed by atoms with Crippen molar-refractivity contribution < 1.29 is 19.4 Å². The van der Waals surface area contributed by atoms with Crippen LogP contribution in [0.5, 0.6) is 0 Å². The van der Waals surface area contributed by atoms with E-state index in [1.54, 1.807) is 12.1 Å². The van der Waals surface area contributed by atoms with E-state index in [4.69, 9.17) is 9.84 Å². The third-order valence-electron chi connectivity index (χ3n) is 2.59. The maximum absolute atomic E-state index is 11.2. The standard InChI is InChI=1S/C14H20O4/c1-17-14(16)13-7-5-12(6-8-13)11-18-10-4-2-3-9-15/h5-8,15H,2-4,9-11H2,1H3. The van der Waals surface area contributed by atoms with Crippen molar-refractivity contribution >= 4 is 5.97 Å². The van der Waals surface area contributed by atoms with E-state index in [2.05, 4.69) is 4.74 Å². The number of esters is 1. The van der Waals surface area contributed by atoms with E-state index in [-0.39, 0.29) is 12.6 Å². The van der Waals surface area contributed by atoms with Gasteiger partial charge in [-0.1, -0.05) is 12.1 Å². The van der Waals surface area contributed by atoms with Gasteiger partial charge < -0.3 is 14.6 Å². The Balaban J connectivity index is 2.25. The zero-order valence-corrected chi connectivity index (χ0v) is 10.7. The summed E-state index contributed by atoms with van der Waals surface area (Å²) in [6.07, 6.45) is 2.77. The molecule has 1 aromatic carbocycles. The highest BCUT2D eigenvalue weighted by Gasteiger charge is 2.03. The molecule has 0 heterocycles. The van der Waals surface area contributed by atoms with Crippen LogP contribution < -0.4 is 0 Å². The van der Waals surface area contributed by atoms with Crippen LogP contribution in [-0.2, 0) is 16.1 Å². The Hall–Kier alpha value is -1.39. The molecule has 0 aliphatic heterocycles. The molecule has 0 saturated heterocycles. The molecule has 0 bridgehead atoms. The zero-order valence-electron chi connectivity index (χ0n) is 10.7. The minimum absolute atomic E-state index is 0.245. The summed E-state index contributed by atoms with van der Waals surface area (Å²) < 4.78 is 10.1. The average Bonchev–Trinajstić information content (AvgIpc) is 2.42. The lowest BCUT2D eigenvalue weighted by Crippen LogP contribution is -2.01. The summed E-state index contributed by atoms with van der Waals surface area (Å²) in [5.41, 5.74) is 1.58. The predicted octanol–water partition coefficient (Wildman–Crippen LogP) is 2.15. The van der Waals surface area contributed by atoms with Crippen LogP contribution >= 0.6 is 0 Å². The Morgan fingerprint density at radius 3 is 2.50 bits per heavy atom. The van der Waals surface area contributed by atoms with Crippen molar-refractivity contribution in [1.29, 1.82) is 0 Å². The molecule has 0 unspecified atom stereocenters. The molecule has 4 heteroatoms. The molecule has 0 aliphatic rings. The Labute approximate surface area is 108 Å². The quantitative estimate of drug-likeness (QED) is 0.569. The van der Waals surface area contributed by atoms with Gasteiger partial charge in [0.15, 0.2) is 0 Å². The Kier molecular flexibility index (Phi) is 7.06. The number of methoxy groups -OCH3 is 1. The lowest BCUT2D eigenvalue weighted by atomic mass is 10.1. The van der Waals surface area contributed by atoms with Crippen LogP contribution in [0.25, 0.3) is 0 Å². The molecule has 0 fully saturated rings. The molecule has 0 aromatic heterocycles. The van der Waals surface area contributed by atoms with Crippen LogP contribution in [0.15, 0.2) is 24.3 Å². The predicted molar refractivity (Wildman–Crippen MR) is 68.4 cm³/mol. The van der Waals surface area contributed by atoms with Gasteiger partial charge >= 0.3 is 5.97 Å². The molecule has 0 amide bonds. The normalized spacial score (nSPS) is 10.3. The highest BCUT2D eigenvalue weighted by atomic mass is 16.5. The number of rotatable bonds is 8. The fraction of sp³-hybridized carbons (Fsp3) is 0.500. The van der Waals surface area contributed by atoms with Crippen molar-refractivity contribution in [3.8, 4) is 0 Å². The number of hydrogen-bond acceptors (Lipinski definition) is 4. The molecule has 18 heavy (non-hydrogen) atoms. The van der Waals surface area contributed by atoms with Crippen LogP contribution in [0.2, 0.25) is 0 Å². The van der Waals surface area contributed by atoms with Gasteiger partial charge in [-0.3, -0.25) is 0 Å². The van der Waals surface area contributed by atoms with Crippen molar-refractivity contribution in [2.45, 2.75) is 25.9 Å². The highest BCUT2D eigenvalue weighted by molar-refractivity contribution is 5.89. The van der Waals surface area contributed by atoms with Gasteiger partial charge in [0.05, 0.1) is 19.3 Å². The first-order chi connectivity index (χ1) is 8.77. The number of aliphatic hydroxyl groups is 1. The smallest absolute Gasteiger partial charge is 0.337 e. The molecule has 1 N–H and O–H groups in total. The number of ether oxygens (including phenoxy) is 2. The first kappa shape index (κ1) is 14.7. The molecular weight excluding hydrogens is 232 g/mol. The number of benzene rings is 1. The molecule has 0 spiro atoms. The summed E-state index contributed by atoms with van der Waals surface area (Å²) >= 11 is 0. The fourth-order valence-corrected chi connectivity index (χ4v) is 1.54. The summed E-state index contributed by atoms with van der Waals surface area (Å²) in [4.78, 5) is 11.2. The third kappa shape index (κ3) is 5.29. The summed E-state index contributed by atoms with van der Waals surface area (Å²) in [5.74, 6) is -0.327. The summed E-state index contributed by atoms with van der Waals surface area (Å²) in [6, 6.07) is 7.19. The van der Waals surface area contributed by atoms with Gasteiger partial charge in [0.1, 0.15) is 0 Å². The molecule has 4 nitrogen and oxygen atoms in total. The summed E-state index contributed by atoms with van der Waals surface area (Å²) in [6.45, 7) is 1.48. The minimum Gasteiger partial charge on any atom is -0.465 e. The lowest BCUT2D eigenvalue weighted by molar-refractivity contribution is 0.0600. The van der Waals surface area contributed by atoms with E-state index < -0.39 is 0 Å². The van der Waals surface area contributed by atoms with Crippen molar-refractivity contribution in [2.75, 3.05) is 20.3 Å². The van der Waals surface area contributed by atoms with Crippen molar-refractivity contribution in [2.24, 2.45) is 0 Å². The van der Waals surface area contributed by atoms with Crippen molar-refractivity contribution in [3.63, 3.8) is 0 Å². The van der Waals surface area contributed by atoms with E-state index in [1.807, 2.05) is 12.1 Å². The van der Waals surface area contributed by atoms with E-state index in [0.29, 0.717) is 18.8 Å². The zero-order chi connectivity index (χ0) is 13.2. The highest BCUT2D eigenvalue weighted by Crippen LogP contribution is 2.07. The Bertz CT molecular complexity index is 345. The number of unbranched alkanes of at least 4 members (excludes halogenated alkanes) is 2. The van der Waals surface area contributed by atoms with Crippen molar-refractivity contribution in [1.82, 2.24) is 0 Å². The van der Waals surface area contributed by atoms with Gasteiger partial charge in [-0.05, 0) is 37.0 Å². The molecule has 0 radical (unpaired) electrons. The molecule has 1 aromatic rings. The SMILES string of the molecule is COC(=O)c1ccc(COCCCCCO)cc1.